The van der Waals surface area contributed by atoms with Crippen LogP contribution in [0.2, 0.25) is 20.6 Å². The average Bonchev–Trinajstić information content (AvgIpc) is 1.58. The Balaban J connectivity index is 0.000000557. The number of carboxylic acids is 1. The third-order valence-electron chi connectivity index (χ3n) is 18.5. The number of aliphatic hydroxyl groups is 1. The smallest absolute Gasteiger partial charge is 1.00 e. The van der Waals surface area contributed by atoms with Gasteiger partial charge in [-0.05, 0) is 178 Å². The number of aliphatic hydroxyl groups excluding tert-OH is 1. The number of morpholine rings is 1. The Morgan fingerprint density at radius 3 is 1.31 bits per heavy atom. The summed E-state index contributed by atoms with van der Waals surface area (Å²) in [4.78, 5) is 69.2. The number of aromatic hydroxyl groups is 1. The fourth-order valence-corrected chi connectivity index (χ4v) is 13.1. The Labute approximate surface area is 882 Å². The van der Waals surface area contributed by atoms with E-state index in [9.17, 15) is 33.9 Å². The van der Waals surface area contributed by atoms with Crippen LogP contribution < -0.4 is 74.8 Å². The summed E-state index contributed by atoms with van der Waals surface area (Å²) in [6.45, 7) is 21.6. The van der Waals surface area contributed by atoms with E-state index in [1.807, 2.05) is 124 Å². The van der Waals surface area contributed by atoms with Gasteiger partial charge in [0.1, 0.15) is 88.3 Å². The number of aromatic nitrogens is 15. The average molecular weight is 2060 g/mol. The number of hydrogen-bond acceptors (Lipinski definition) is 32. The summed E-state index contributed by atoms with van der Waals surface area (Å²) in [7, 11) is 0.712. The minimum atomic E-state index is -1.40. The zero-order chi connectivity index (χ0) is 98.8. The molecule has 0 amide bonds. The summed E-state index contributed by atoms with van der Waals surface area (Å²) in [5.41, 5.74) is 22.5. The molecule has 0 aliphatic carbocycles. The normalized spacial score (nSPS) is 11.0. The van der Waals surface area contributed by atoms with Crippen LogP contribution in [0.1, 0.15) is 122 Å². The molecule has 48 heteroatoms. The summed E-state index contributed by atoms with van der Waals surface area (Å²) in [6, 6.07) is 53.6. The Morgan fingerprint density at radius 1 is 0.511 bits per heavy atom. The fraction of sp³-hybridized carbons (Fsp3) is 0.290. The van der Waals surface area contributed by atoms with Gasteiger partial charge in [0, 0.05) is 62.9 Å². The number of fused-ring (bicyclic) bond motifs is 5. The number of nitrogens with two attached hydrogens (primary N) is 2. The van der Waals surface area contributed by atoms with Crippen molar-refractivity contribution < 1.29 is 147 Å². The van der Waals surface area contributed by atoms with E-state index < -0.39 is 30.1 Å². The maximum Gasteiger partial charge on any atom is 1.00 e. The predicted molar refractivity (Wildman–Crippen MR) is 528 cm³/mol. The van der Waals surface area contributed by atoms with Crippen molar-refractivity contribution >= 4 is 155 Å². The molecule has 10 aromatic heterocycles. The number of carbonyl (C=O) groups is 6. The molecule has 0 unspecified atom stereocenters. The summed E-state index contributed by atoms with van der Waals surface area (Å²) in [5.74, 6) is -0.534. The van der Waals surface area contributed by atoms with Gasteiger partial charge in [0.15, 0.2) is 28.2 Å². The Hall–Kier alpha value is -11.4. The van der Waals surface area contributed by atoms with Crippen LogP contribution >= 0.6 is 70.4 Å². The SMILES string of the molecule is CC(C)(C)OC(=O)c1cc(Cl)n2cnnc2c1.CC(C)COC(=O)Cl.CCOC(=O)Cc1ccccc1O.CCOC(=O)Cc1ccccc1OCc1cc(-c2cccc(CN)c2)n2cnnc2c1.CCOC(=O)Cc1ccccc1OCc1cc(Cl)n2cnnc2c1.CN1CCOCC1.Cl.NCc1cccc(B(O)O)c1.O=C(O)c1cc(Cl)n2cnnc2c1.OCc1cc(Cl)n2cnnc2c1.[B].[H-].[Li+].[Na+].[OH-]. The second-order valence-corrected chi connectivity index (χ2v) is 32.3. The maximum absolute atomic E-state index is 11.9. The van der Waals surface area contributed by atoms with Crippen LogP contribution in [0.3, 0.4) is 0 Å². The van der Waals surface area contributed by atoms with E-state index in [1.165, 1.54) is 41.6 Å². The van der Waals surface area contributed by atoms with Gasteiger partial charge in [-0.3, -0.25) is 36.4 Å². The van der Waals surface area contributed by atoms with E-state index in [-0.39, 0.29) is 136 Å². The van der Waals surface area contributed by atoms with E-state index in [2.05, 4.69) is 79.8 Å². The number of pyridine rings is 5. The van der Waals surface area contributed by atoms with Crippen molar-refractivity contribution in [3.8, 4) is 28.5 Å². The third kappa shape index (κ3) is 41.6. The van der Waals surface area contributed by atoms with Crippen molar-refractivity contribution in [3.63, 3.8) is 0 Å². The second kappa shape index (κ2) is 64.2. The molecule has 3 radical (unpaired) electrons. The molecular weight excluding hydrogens is 1950 g/mol. The maximum atomic E-state index is 11.9. The molecule has 1 fully saturated rings. The zero-order valence-electron chi connectivity index (χ0n) is 80.3. The van der Waals surface area contributed by atoms with Crippen LogP contribution in [0.4, 0.5) is 4.79 Å². The summed E-state index contributed by atoms with van der Waals surface area (Å²) in [6.07, 6.45) is 8.15. The van der Waals surface area contributed by atoms with Crippen LogP contribution in [0.15, 0.2) is 214 Å². The number of benzene rings is 5. The number of nitrogens with zero attached hydrogens (tertiary/aromatic N) is 16. The van der Waals surface area contributed by atoms with Gasteiger partial charge in [-0.1, -0.05) is 157 Å². The van der Waals surface area contributed by atoms with Gasteiger partial charge in [-0.15, -0.1) is 63.4 Å². The number of para-hydroxylation sites is 3. The number of halogens is 6. The van der Waals surface area contributed by atoms with Gasteiger partial charge in [0.25, 0.3) is 0 Å². The van der Waals surface area contributed by atoms with Crippen LogP contribution in [0, 0.1) is 5.92 Å². The number of phenolic OH excluding ortho intramolecular Hbond substituents is 1. The number of likely N-dealkylation sites (N-methyl/N-ethyl adjacent to an activating group) is 1. The van der Waals surface area contributed by atoms with Crippen molar-refractivity contribution in [3.05, 3.63) is 290 Å². The third-order valence-corrected chi connectivity index (χ3v) is 19.7. The Bertz CT molecular complexity index is 6430. The Morgan fingerprint density at radius 2 is 0.901 bits per heavy atom. The van der Waals surface area contributed by atoms with Crippen molar-refractivity contribution in [2.75, 3.05) is 59.8 Å². The number of carbonyl (C=O) groups excluding carboxylic acids is 5. The quantitative estimate of drug-likeness (QED) is 0.0104. The summed E-state index contributed by atoms with van der Waals surface area (Å²) in [5, 5.41) is 84.4. The number of rotatable bonds is 24. The summed E-state index contributed by atoms with van der Waals surface area (Å²) < 4.78 is 49.8. The van der Waals surface area contributed by atoms with Gasteiger partial charge in [0.2, 0.25) is 0 Å². The number of esters is 4. The molecule has 1 aliphatic heterocycles. The van der Waals surface area contributed by atoms with E-state index in [0.29, 0.717) is 125 Å². The molecule has 0 atom stereocenters. The standard InChI is InChI=1S/C24H24N4O3.C17H16ClN3O3.C11H12ClN3O2.C10H12O3.C7H10BNO2.C7H4ClN3O2.C7H6ClN3O.C5H9ClO2.C5H11NO.B.ClH.Li.Na.H2O.H/c1-2-30-24(29)13-20-7-3-4-9-22(20)31-15-18-11-21(28-16-26-27-23(28)12-18)19-8-5-6-17(10-19)14-25;1-2-23-17(22)9-13-5-3-4-6-14(13)24-10-12-7-15(18)21-11-19-20-16(21)8-12;1-11(2,3)17-10(16)7-4-8(12)15-6-13-14-9(15)5-7;1-2-13-10(12)7-8-5-3-4-6-9(8)11;9-5-6-2-1-3-7(4-6)8(10)11;8-5-1-4(7(12)13)2-6-10-9-3-11(5)6;8-6-1-5(3-12)2-7-10-9-4-11(6)7;1-4(2)3-8-5(6)7;1-6-2-4-7-5-3-6;;;;;;/h3-12,16H,2,13-15,25H2,1H3;3-8,11H,2,9-10H2,1H3;4-6H,1-3H3;3-6,11H,2,7H2,1H3;1-4,10-11H,5,9H2;1-3H,(H,12,13);1-2,4,12H,3H2;4H,3H2,1-2H3;2-5H2,1H3;;1H;;;1H2;/q;;;;;;;;;;;2*+1;;-1/p-1. The number of aromatic carboxylic acids is 1. The molecule has 141 heavy (non-hydrogen) atoms. The minimum absolute atomic E-state index is 0. The largest absolute Gasteiger partial charge is 1.00 e. The first-order chi connectivity index (χ1) is 65.2. The number of carboxylic acid groups (broad SMARTS) is 1. The molecule has 38 nitrogen and oxygen atoms in total. The van der Waals surface area contributed by atoms with Crippen molar-refractivity contribution in [2.24, 2.45) is 17.4 Å². The topological polar surface area (TPSA) is 514 Å². The summed E-state index contributed by atoms with van der Waals surface area (Å²) >= 11 is 28.7. The molecule has 0 saturated carbocycles. The molecule has 1 saturated heterocycles. The molecule has 5 aromatic carbocycles. The zero-order valence-corrected chi connectivity index (χ0v) is 85.9. The molecule has 16 rings (SSSR count). The van der Waals surface area contributed by atoms with E-state index in [1.54, 1.807) is 113 Å². The molecule has 0 bridgehead atoms. The molecule has 1 aliphatic rings. The van der Waals surface area contributed by atoms with Crippen LogP contribution in [0.25, 0.3) is 39.5 Å². The first-order valence-electron chi connectivity index (χ1n) is 42.2. The van der Waals surface area contributed by atoms with Crippen molar-refractivity contribution in [1.29, 1.82) is 0 Å². The molecule has 739 valence electrons. The second-order valence-electron chi connectivity index (χ2n) is 30.5. The predicted octanol–water partition coefficient (Wildman–Crippen LogP) is 7.17. The van der Waals surface area contributed by atoms with Crippen LogP contribution in [-0.4, -0.2) is 225 Å². The monoisotopic (exact) mass is 2060 g/mol. The van der Waals surface area contributed by atoms with Crippen LogP contribution in [0.5, 0.6) is 17.2 Å². The van der Waals surface area contributed by atoms with Gasteiger partial charge < -0.3 is 86.5 Å². The van der Waals surface area contributed by atoms with Crippen molar-refractivity contribution in [2.45, 2.75) is 113 Å². The molecule has 15 aromatic rings. The van der Waals surface area contributed by atoms with Gasteiger partial charge >= 0.3 is 90.8 Å². The molecular formula is C93H107B2Cl6LiN18NaO20. The molecule has 11 heterocycles. The van der Waals surface area contributed by atoms with Gasteiger partial charge in [-0.2, -0.15) is 0 Å². The molecule has 10 N–H and O–H groups in total. The fourth-order valence-electron chi connectivity index (χ4n) is 12.0. The van der Waals surface area contributed by atoms with Gasteiger partial charge in [-0.25, -0.2) is 14.4 Å². The first-order valence-corrected chi connectivity index (χ1v) is 44.1. The van der Waals surface area contributed by atoms with Gasteiger partial charge in [0.05, 0.1) is 82.3 Å². The first kappa shape index (κ1) is 124. The van der Waals surface area contributed by atoms with Crippen LogP contribution in [-0.2, 0) is 95.0 Å². The Kier molecular flexibility index (Phi) is 56.3. The van der Waals surface area contributed by atoms with E-state index in [4.69, 9.17) is 123 Å². The van der Waals surface area contributed by atoms with E-state index >= 15 is 0 Å². The number of phenols is 1. The minimum Gasteiger partial charge on any atom is -1.00 e. The number of ether oxygens (including phenoxy) is 8. The van der Waals surface area contributed by atoms with E-state index in [0.717, 1.165) is 82.2 Å². The number of hydrogen-bond donors (Lipinski definition) is 7. The van der Waals surface area contributed by atoms with Crippen molar-refractivity contribution in [1.82, 2.24) is 77.9 Å². The molecule has 0 spiro atoms.